The van der Waals surface area contributed by atoms with E-state index in [-0.39, 0.29) is 6.10 Å². The summed E-state index contributed by atoms with van der Waals surface area (Å²) in [5.74, 6) is 0.797. The maximum absolute atomic E-state index is 6.39. The Morgan fingerprint density at radius 2 is 1.89 bits per heavy atom. The normalized spacial score (nSPS) is 16.2. The molecule has 0 radical (unpaired) electrons. The number of hydrogen-bond acceptors (Lipinski definition) is 3. The van der Waals surface area contributed by atoms with E-state index in [9.17, 15) is 0 Å². The van der Waals surface area contributed by atoms with Crippen molar-refractivity contribution in [2.45, 2.75) is 6.10 Å². The Balaban J connectivity index is 1.75. The number of rotatable bonds is 3. The van der Waals surface area contributed by atoms with Gasteiger partial charge in [-0.2, -0.15) is 0 Å². The van der Waals surface area contributed by atoms with Gasteiger partial charge in [-0.25, -0.2) is 4.98 Å². The summed E-state index contributed by atoms with van der Waals surface area (Å²) < 4.78 is 13.9. The molecule has 3 heterocycles. The van der Waals surface area contributed by atoms with Crippen LogP contribution in [-0.4, -0.2) is 23.3 Å². The molecule has 0 bridgehead atoms. The van der Waals surface area contributed by atoms with Crippen LogP contribution in [0.5, 0.6) is 0 Å². The number of hydrogen-bond donors (Lipinski definition) is 0. The summed E-state index contributed by atoms with van der Waals surface area (Å²) in [5, 5.41) is 2.32. The Bertz CT molecular complexity index is 1190. The van der Waals surface area contributed by atoms with Crippen molar-refractivity contribution in [1.82, 2.24) is 9.55 Å². The summed E-state index contributed by atoms with van der Waals surface area (Å²) in [6.07, 6.45) is 3.94. The van der Waals surface area contributed by atoms with Crippen LogP contribution < -0.4 is 0 Å². The Kier molecular flexibility index (Phi) is 3.73. The molecule has 2 aromatic carbocycles. The molecule has 1 atom stereocenters. The quantitative estimate of drug-likeness (QED) is 0.527. The van der Waals surface area contributed by atoms with E-state index in [1.54, 1.807) is 7.11 Å². The fraction of sp³-hybridized carbons (Fsp3) is 0.174. The standard InChI is InChI=1S/C23H20N2O2/c1-25-13-19(17-8-4-6-10-22(17)25)23-18-11-15-7-3-5-9-20(15)24-21(18)12-16(27-23)14-26-2/h3-13,23H,14H2,1-2H3. The minimum Gasteiger partial charge on any atom is -0.483 e. The Morgan fingerprint density at radius 3 is 2.78 bits per heavy atom. The first-order valence-electron chi connectivity index (χ1n) is 9.04. The van der Waals surface area contributed by atoms with Gasteiger partial charge in [-0.1, -0.05) is 36.4 Å². The van der Waals surface area contributed by atoms with Gasteiger partial charge in [0.05, 0.1) is 11.2 Å². The number of ether oxygens (including phenoxy) is 2. The number of pyridine rings is 1. The summed E-state index contributed by atoms with van der Waals surface area (Å²) in [5.41, 5.74) is 5.36. The number of methoxy groups -OCH3 is 1. The van der Waals surface area contributed by atoms with Crippen LogP contribution in [0.1, 0.15) is 22.9 Å². The zero-order valence-corrected chi connectivity index (χ0v) is 15.3. The number of nitrogens with zero attached hydrogens (tertiary/aromatic N) is 2. The highest BCUT2D eigenvalue weighted by atomic mass is 16.5. The van der Waals surface area contributed by atoms with Crippen molar-refractivity contribution < 1.29 is 9.47 Å². The van der Waals surface area contributed by atoms with Crippen LogP contribution in [0.4, 0.5) is 0 Å². The average molecular weight is 356 g/mol. The lowest BCUT2D eigenvalue weighted by molar-refractivity contribution is 0.0958. The van der Waals surface area contributed by atoms with E-state index < -0.39 is 0 Å². The van der Waals surface area contributed by atoms with E-state index in [2.05, 4.69) is 54.2 Å². The summed E-state index contributed by atoms with van der Waals surface area (Å²) >= 11 is 0. The summed E-state index contributed by atoms with van der Waals surface area (Å²) in [6.45, 7) is 0.426. The van der Waals surface area contributed by atoms with Gasteiger partial charge >= 0.3 is 0 Å². The molecule has 0 fully saturated rings. The minimum absolute atomic E-state index is 0.210. The van der Waals surface area contributed by atoms with Crippen molar-refractivity contribution in [2.75, 3.05) is 13.7 Å². The molecule has 4 nitrogen and oxygen atoms in total. The van der Waals surface area contributed by atoms with Gasteiger partial charge in [-0.15, -0.1) is 0 Å². The van der Waals surface area contributed by atoms with Gasteiger partial charge in [-0.05, 0) is 18.2 Å². The summed E-state index contributed by atoms with van der Waals surface area (Å²) in [6, 6.07) is 18.8. The largest absolute Gasteiger partial charge is 0.483 e. The second-order valence-corrected chi connectivity index (χ2v) is 6.91. The smallest absolute Gasteiger partial charge is 0.153 e. The van der Waals surface area contributed by atoms with Gasteiger partial charge in [0.25, 0.3) is 0 Å². The third-order valence-corrected chi connectivity index (χ3v) is 5.13. The highest BCUT2D eigenvalue weighted by molar-refractivity contribution is 5.86. The molecular weight excluding hydrogens is 336 g/mol. The SMILES string of the molecule is COCC1=Cc2nc3ccccc3cc2C(c2cn(C)c3ccccc23)O1. The maximum Gasteiger partial charge on any atom is 0.153 e. The molecule has 1 aliphatic heterocycles. The zero-order valence-electron chi connectivity index (χ0n) is 15.3. The average Bonchev–Trinajstić information content (AvgIpc) is 3.03. The third kappa shape index (κ3) is 2.61. The third-order valence-electron chi connectivity index (χ3n) is 5.13. The summed E-state index contributed by atoms with van der Waals surface area (Å²) in [4.78, 5) is 4.89. The second-order valence-electron chi connectivity index (χ2n) is 6.91. The number of fused-ring (bicyclic) bond motifs is 3. The van der Waals surface area contributed by atoms with Crippen molar-refractivity contribution >= 4 is 27.9 Å². The van der Waals surface area contributed by atoms with Crippen molar-refractivity contribution in [3.05, 3.63) is 83.4 Å². The lowest BCUT2D eigenvalue weighted by Gasteiger charge is -2.27. The van der Waals surface area contributed by atoms with Crippen molar-refractivity contribution in [3.8, 4) is 0 Å². The van der Waals surface area contributed by atoms with Crippen LogP contribution in [0.15, 0.2) is 66.6 Å². The van der Waals surface area contributed by atoms with E-state index in [4.69, 9.17) is 14.5 Å². The summed E-state index contributed by atoms with van der Waals surface area (Å²) in [7, 11) is 3.75. The molecule has 0 saturated carbocycles. The van der Waals surface area contributed by atoms with Crippen LogP contribution in [0.3, 0.4) is 0 Å². The highest BCUT2D eigenvalue weighted by Gasteiger charge is 2.28. The molecule has 2 aromatic heterocycles. The molecule has 4 aromatic rings. The molecular formula is C23H20N2O2. The van der Waals surface area contributed by atoms with Gasteiger partial charge in [0.2, 0.25) is 0 Å². The Hall–Kier alpha value is -3.11. The maximum atomic E-state index is 6.39. The fourth-order valence-corrected chi connectivity index (χ4v) is 3.91. The Morgan fingerprint density at radius 1 is 1.07 bits per heavy atom. The number of aromatic nitrogens is 2. The van der Waals surface area contributed by atoms with E-state index in [0.717, 1.165) is 33.5 Å². The van der Waals surface area contributed by atoms with Gasteiger partial charge in [0.15, 0.2) is 6.10 Å². The van der Waals surface area contributed by atoms with Crippen LogP contribution in [-0.2, 0) is 16.5 Å². The molecule has 0 amide bonds. The van der Waals surface area contributed by atoms with Crippen molar-refractivity contribution in [1.29, 1.82) is 0 Å². The minimum atomic E-state index is -0.210. The van der Waals surface area contributed by atoms with Crippen LogP contribution in [0.25, 0.3) is 27.9 Å². The second kappa shape index (κ2) is 6.25. The monoisotopic (exact) mass is 356 g/mol. The van der Waals surface area contributed by atoms with Gasteiger partial charge < -0.3 is 14.0 Å². The molecule has 27 heavy (non-hydrogen) atoms. The van der Waals surface area contributed by atoms with Gasteiger partial charge in [-0.3, -0.25) is 0 Å². The molecule has 0 aliphatic carbocycles. The van der Waals surface area contributed by atoms with Crippen molar-refractivity contribution in [2.24, 2.45) is 7.05 Å². The molecule has 5 rings (SSSR count). The van der Waals surface area contributed by atoms with E-state index in [1.807, 2.05) is 24.3 Å². The van der Waals surface area contributed by atoms with E-state index >= 15 is 0 Å². The van der Waals surface area contributed by atoms with Crippen LogP contribution >= 0.6 is 0 Å². The van der Waals surface area contributed by atoms with Gasteiger partial charge in [0.1, 0.15) is 12.4 Å². The van der Waals surface area contributed by atoms with Gasteiger partial charge in [0, 0.05) is 53.8 Å². The molecule has 4 heteroatoms. The molecule has 0 spiro atoms. The molecule has 1 aliphatic rings. The topological polar surface area (TPSA) is 36.3 Å². The predicted molar refractivity (Wildman–Crippen MR) is 107 cm³/mol. The predicted octanol–water partition coefficient (Wildman–Crippen LogP) is 4.83. The Labute approximate surface area is 157 Å². The van der Waals surface area contributed by atoms with Crippen LogP contribution in [0, 0.1) is 0 Å². The number of benzene rings is 2. The van der Waals surface area contributed by atoms with Crippen molar-refractivity contribution in [3.63, 3.8) is 0 Å². The lowest BCUT2D eigenvalue weighted by Crippen LogP contribution is -2.15. The molecule has 0 N–H and O–H groups in total. The number of aryl methyl sites for hydroxylation is 1. The molecule has 134 valence electrons. The first kappa shape index (κ1) is 16.1. The molecule has 0 saturated heterocycles. The van der Waals surface area contributed by atoms with E-state index in [1.165, 1.54) is 10.9 Å². The fourth-order valence-electron chi connectivity index (χ4n) is 3.91. The molecule has 1 unspecified atom stereocenters. The zero-order chi connectivity index (χ0) is 18.4. The highest BCUT2D eigenvalue weighted by Crippen LogP contribution is 2.40. The number of para-hydroxylation sites is 2. The van der Waals surface area contributed by atoms with E-state index in [0.29, 0.717) is 6.61 Å². The first-order chi connectivity index (χ1) is 13.2. The van der Waals surface area contributed by atoms with Crippen LogP contribution in [0.2, 0.25) is 0 Å². The lowest BCUT2D eigenvalue weighted by atomic mass is 9.95. The first-order valence-corrected chi connectivity index (χ1v) is 9.04.